The molecule has 4 aliphatic carbocycles. The molecular weight excluding hydrogens is 348 g/mol. The molecule has 0 aromatic carbocycles. The summed E-state index contributed by atoms with van der Waals surface area (Å²) in [5.74, 6) is 2.37. The summed E-state index contributed by atoms with van der Waals surface area (Å²) in [5.41, 5.74) is 3.82. The lowest BCUT2D eigenvalue weighted by molar-refractivity contribution is -0.00576. The van der Waals surface area contributed by atoms with E-state index in [1.807, 2.05) is 6.92 Å². The Bertz CT molecular complexity index is 874. The summed E-state index contributed by atoms with van der Waals surface area (Å²) < 4.78 is 3.11. The van der Waals surface area contributed by atoms with E-state index < -0.39 is 0 Å². The van der Waals surface area contributed by atoms with Crippen molar-refractivity contribution in [1.29, 1.82) is 0 Å². The van der Waals surface area contributed by atoms with Crippen molar-refractivity contribution in [3.8, 4) is 0 Å². The first kappa shape index (κ1) is 16.5. The van der Waals surface area contributed by atoms with Crippen molar-refractivity contribution in [2.45, 2.75) is 57.8 Å². The largest absolute Gasteiger partial charge is 0.300 e. The van der Waals surface area contributed by atoms with Crippen LogP contribution in [0.2, 0.25) is 5.02 Å². The topological polar surface area (TPSA) is 52.7 Å². The van der Waals surface area contributed by atoms with Crippen molar-refractivity contribution in [2.24, 2.45) is 24.8 Å². The highest BCUT2D eigenvalue weighted by atomic mass is 35.5. The van der Waals surface area contributed by atoms with E-state index in [1.165, 1.54) is 48.8 Å². The number of rotatable bonds is 2. The smallest absolute Gasteiger partial charge is 0.273 e. The SMILES string of the molecule is Cc1nn(C(=O)c2nn(C)cc2Cl)c(C)c1C12CC3CC(CC(C3)C1)C2. The first-order valence-corrected chi connectivity index (χ1v) is 10.0. The van der Waals surface area contributed by atoms with Crippen LogP contribution in [-0.4, -0.2) is 25.5 Å². The molecule has 0 amide bonds. The summed E-state index contributed by atoms with van der Waals surface area (Å²) in [7, 11) is 1.77. The highest BCUT2D eigenvalue weighted by Crippen LogP contribution is 2.61. The van der Waals surface area contributed by atoms with E-state index >= 15 is 0 Å². The summed E-state index contributed by atoms with van der Waals surface area (Å²) in [5, 5.41) is 9.26. The van der Waals surface area contributed by atoms with Gasteiger partial charge in [0.2, 0.25) is 0 Å². The maximum atomic E-state index is 13.0. The van der Waals surface area contributed by atoms with Crippen LogP contribution in [0.5, 0.6) is 0 Å². The van der Waals surface area contributed by atoms with E-state index in [1.54, 1.807) is 17.9 Å². The van der Waals surface area contributed by atoms with Crippen molar-refractivity contribution >= 4 is 17.5 Å². The Morgan fingerprint density at radius 3 is 2.19 bits per heavy atom. The van der Waals surface area contributed by atoms with Gasteiger partial charge >= 0.3 is 0 Å². The van der Waals surface area contributed by atoms with Gasteiger partial charge in [-0.15, -0.1) is 0 Å². The molecule has 0 radical (unpaired) electrons. The molecule has 0 saturated heterocycles. The van der Waals surface area contributed by atoms with Crippen LogP contribution in [-0.2, 0) is 12.5 Å². The minimum absolute atomic E-state index is 0.229. The normalized spacial score (nSPS) is 32.4. The molecule has 5 nitrogen and oxygen atoms in total. The summed E-state index contributed by atoms with van der Waals surface area (Å²) in [6, 6.07) is 0. The second-order valence-corrected chi connectivity index (χ2v) is 9.37. The molecular formula is C20H25ClN4O. The standard InChI is InChI=1S/C20H25ClN4O/c1-11-17(20-7-13-4-14(8-20)6-15(5-13)9-20)12(2)25(22-11)19(26)18-16(21)10-24(3)23-18/h10,13-15H,4-9H2,1-3H3. The van der Waals surface area contributed by atoms with Crippen LogP contribution in [0.1, 0.15) is 66.0 Å². The van der Waals surface area contributed by atoms with Gasteiger partial charge in [-0.1, -0.05) is 11.6 Å². The zero-order valence-corrected chi connectivity index (χ0v) is 16.4. The molecule has 138 valence electrons. The third kappa shape index (κ3) is 2.25. The fourth-order valence-electron chi connectivity index (χ4n) is 6.73. The van der Waals surface area contributed by atoms with Crippen LogP contribution in [0.3, 0.4) is 0 Å². The lowest BCUT2D eigenvalue weighted by atomic mass is 9.48. The Morgan fingerprint density at radius 2 is 1.69 bits per heavy atom. The van der Waals surface area contributed by atoms with Gasteiger partial charge in [-0.05, 0) is 75.5 Å². The zero-order chi connectivity index (χ0) is 18.2. The van der Waals surface area contributed by atoms with Crippen LogP contribution in [0.15, 0.2) is 6.20 Å². The maximum absolute atomic E-state index is 13.0. The summed E-state index contributed by atoms with van der Waals surface area (Å²) in [4.78, 5) is 13.0. The van der Waals surface area contributed by atoms with Gasteiger partial charge in [0.15, 0.2) is 5.69 Å². The van der Waals surface area contributed by atoms with Gasteiger partial charge in [0.1, 0.15) is 0 Å². The lowest BCUT2D eigenvalue weighted by Crippen LogP contribution is -2.49. The minimum atomic E-state index is -0.229. The summed E-state index contributed by atoms with van der Waals surface area (Å²) in [6.07, 6.45) is 9.69. The zero-order valence-electron chi connectivity index (χ0n) is 15.6. The van der Waals surface area contributed by atoms with Crippen molar-refractivity contribution in [3.05, 3.63) is 33.9 Å². The monoisotopic (exact) mass is 372 g/mol. The fourth-order valence-corrected chi connectivity index (χ4v) is 6.99. The highest BCUT2D eigenvalue weighted by Gasteiger charge is 2.53. The van der Waals surface area contributed by atoms with Gasteiger partial charge in [-0.3, -0.25) is 9.48 Å². The number of carbonyl (C=O) groups excluding carboxylic acids is 1. The van der Waals surface area contributed by atoms with Crippen molar-refractivity contribution in [1.82, 2.24) is 19.6 Å². The average Bonchev–Trinajstić information content (AvgIpc) is 3.04. The van der Waals surface area contributed by atoms with E-state index in [0.29, 0.717) is 5.02 Å². The minimum Gasteiger partial charge on any atom is -0.273 e. The molecule has 0 N–H and O–H groups in total. The van der Waals surface area contributed by atoms with E-state index in [9.17, 15) is 4.79 Å². The Hall–Kier alpha value is -1.62. The number of aromatic nitrogens is 4. The number of carbonyl (C=O) groups is 1. The van der Waals surface area contributed by atoms with Crippen LogP contribution in [0.25, 0.3) is 0 Å². The lowest BCUT2D eigenvalue weighted by Gasteiger charge is -2.57. The van der Waals surface area contributed by atoms with Crippen molar-refractivity contribution in [2.75, 3.05) is 0 Å². The summed E-state index contributed by atoms with van der Waals surface area (Å²) >= 11 is 6.20. The molecule has 0 aliphatic heterocycles. The molecule has 0 spiro atoms. The molecule has 6 heteroatoms. The van der Waals surface area contributed by atoms with Gasteiger partial charge in [0, 0.05) is 24.5 Å². The Kier molecular flexibility index (Phi) is 3.46. The average molecular weight is 373 g/mol. The number of halogens is 1. The molecule has 4 bridgehead atoms. The maximum Gasteiger partial charge on any atom is 0.300 e. The molecule has 2 aromatic heterocycles. The molecule has 4 saturated carbocycles. The number of nitrogens with zero attached hydrogens (tertiary/aromatic N) is 4. The molecule has 0 unspecified atom stereocenters. The van der Waals surface area contributed by atoms with Gasteiger partial charge in [0.05, 0.1) is 10.7 Å². The molecule has 26 heavy (non-hydrogen) atoms. The summed E-state index contributed by atoms with van der Waals surface area (Å²) in [6.45, 7) is 4.10. The molecule has 4 aliphatic rings. The molecule has 0 atom stereocenters. The number of hydrogen-bond acceptors (Lipinski definition) is 3. The molecule has 4 fully saturated rings. The first-order chi connectivity index (χ1) is 12.4. The second-order valence-electron chi connectivity index (χ2n) is 8.96. The van der Waals surface area contributed by atoms with E-state index in [2.05, 4.69) is 17.1 Å². The molecule has 2 aromatic rings. The quantitative estimate of drug-likeness (QED) is 0.799. The van der Waals surface area contributed by atoms with Crippen molar-refractivity contribution < 1.29 is 4.79 Å². The van der Waals surface area contributed by atoms with Gasteiger partial charge in [-0.2, -0.15) is 14.9 Å². The predicted octanol–water partition coefficient (Wildman–Crippen LogP) is 4.04. The van der Waals surface area contributed by atoms with Crippen LogP contribution >= 0.6 is 11.6 Å². The predicted molar refractivity (Wildman–Crippen MR) is 99.5 cm³/mol. The van der Waals surface area contributed by atoms with E-state index in [4.69, 9.17) is 11.6 Å². The van der Waals surface area contributed by atoms with E-state index in [0.717, 1.165) is 29.1 Å². The highest BCUT2D eigenvalue weighted by molar-refractivity contribution is 6.33. The third-order valence-electron chi connectivity index (χ3n) is 7.04. The van der Waals surface area contributed by atoms with Crippen LogP contribution in [0, 0.1) is 31.6 Å². The fraction of sp³-hybridized carbons (Fsp3) is 0.650. The van der Waals surface area contributed by atoms with Gasteiger partial charge in [-0.25, -0.2) is 0 Å². The van der Waals surface area contributed by atoms with Crippen LogP contribution in [0.4, 0.5) is 0 Å². The van der Waals surface area contributed by atoms with Crippen molar-refractivity contribution in [3.63, 3.8) is 0 Å². The first-order valence-electron chi connectivity index (χ1n) is 9.67. The number of hydrogen-bond donors (Lipinski definition) is 0. The van der Waals surface area contributed by atoms with Gasteiger partial charge in [0.25, 0.3) is 5.91 Å². The van der Waals surface area contributed by atoms with Gasteiger partial charge < -0.3 is 0 Å². The third-order valence-corrected chi connectivity index (χ3v) is 7.32. The Morgan fingerprint density at radius 1 is 1.12 bits per heavy atom. The number of aryl methyl sites for hydroxylation is 2. The molecule has 6 rings (SSSR count). The van der Waals surface area contributed by atoms with Crippen LogP contribution < -0.4 is 0 Å². The molecule has 2 heterocycles. The Labute approximate surface area is 158 Å². The van der Waals surface area contributed by atoms with E-state index in [-0.39, 0.29) is 17.0 Å². The Balaban J connectivity index is 1.58. The second kappa shape index (κ2) is 5.44.